The number of rotatable bonds is 4. The molecular weight excluding hydrogens is 354 g/mol. The molecule has 0 aromatic carbocycles. The Morgan fingerprint density at radius 3 is 2.56 bits per heavy atom. The van der Waals surface area contributed by atoms with Gasteiger partial charge in [0.25, 0.3) is 11.7 Å². The lowest BCUT2D eigenvalue weighted by Crippen LogP contribution is -2.09. The fourth-order valence-corrected chi connectivity index (χ4v) is 2.72. The van der Waals surface area contributed by atoms with E-state index in [1.165, 1.54) is 16.3 Å². The zero-order valence-corrected chi connectivity index (χ0v) is 14.8. The molecule has 4 heterocycles. The molecule has 0 atom stereocenters. The molecule has 138 valence electrons. The van der Waals surface area contributed by atoms with Crippen molar-refractivity contribution in [2.75, 3.05) is 7.11 Å². The number of esters is 1. The van der Waals surface area contributed by atoms with Crippen LogP contribution in [0, 0.1) is 13.8 Å². The van der Waals surface area contributed by atoms with E-state index in [2.05, 4.69) is 35.3 Å². The first-order valence-corrected chi connectivity index (χ1v) is 8.00. The van der Waals surface area contributed by atoms with Crippen LogP contribution < -0.4 is 0 Å². The molecule has 12 heteroatoms. The molecule has 0 amide bonds. The van der Waals surface area contributed by atoms with E-state index in [0.717, 1.165) is 11.4 Å². The summed E-state index contributed by atoms with van der Waals surface area (Å²) in [5, 5.41) is 26.1. The van der Waals surface area contributed by atoms with Crippen molar-refractivity contribution in [2.24, 2.45) is 0 Å². The highest BCUT2D eigenvalue weighted by atomic mass is 16.5. The highest BCUT2D eigenvalue weighted by molar-refractivity contribution is 5.82. The van der Waals surface area contributed by atoms with Crippen LogP contribution in [0.15, 0.2) is 6.07 Å². The molecule has 0 spiro atoms. The number of hydrogen-bond donors (Lipinski definition) is 1. The summed E-state index contributed by atoms with van der Waals surface area (Å²) in [7, 11) is 1.30. The third-order valence-corrected chi connectivity index (χ3v) is 3.82. The molecule has 1 N–H and O–H groups in total. The Morgan fingerprint density at radius 1 is 1.15 bits per heavy atom. The summed E-state index contributed by atoms with van der Waals surface area (Å²) in [5.74, 6) is 0.186. The number of carbonyl (C=O) groups excluding carboxylic acids is 1. The average molecular weight is 369 g/mol. The number of aromatic nitrogens is 9. The summed E-state index contributed by atoms with van der Waals surface area (Å²) in [6.45, 7) is 3.33. The number of hydrogen-bond acceptors (Lipinski definition) is 10. The van der Waals surface area contributed by atoms with E-state index in [9.17, 15) is 9.90 Å². The Hall–Kier alpha value is -3.54. The van der Waals surface area contributed by atoms with Crippen LogP contribution in [0.3, 0.4) is 0 Å². The third-order valence-electron chi connectivity index (χ3n) is 3.82. The van der Waals surface area contributed by atoms with Gasteiger partial charge in [-0.2, -0.15) is 19.3 Å². The van der Waals surface area contributed by atoms with Gasteiger partial charge in [0.1, 0.15) is 12.3 Å². The van der Waals surface area contributed by atoms with Crippen LogP contribution in [0.1, 0.15) is 22.9 Å². The van der Waals surface area contributed by atoms with Crippen LogP contribution in [0.5, 0.6) is 0 Å². The Bertz CT molecular complexity index is 1160. The molecule has 0 saturated carbocycles. The molecular formula is C15H15N9O3. The highest BCUT2D eigenvalue weighted by Crippen LogP contribution is 2.20. The first kappa shape index (κ1) is 16.9. The lowest BCUT2D eigenvalue weighted by Gasteiger charge is -2.04. The number of aliphatic hydroxyl groups is 1. The maximum absolute atomic E-state index is 11.8. The maximum Gasteiger partial charge on any atom is 0.311 e. The van der Waals surface area contributed by atoms with Crippen molar-refractivity contribution in [3.63, 3.8) is 0 Å². The van der Waals surface area contributed by atoms with E-state index in [1.807, 2.05) is 19.9 Å². The lowest BCUT2D eigenvalue weighted by molar-refractivity contribution is -0.139. The van der Waals surface area contributed by atoms with Crippen LogP contribution in [0.25, 0.3) is 22.9 Å². The smallest absolute Gasteiger partial charge is 0.311 e. The van der Waals surface area contributed by atoms with Gasteiger partial charge in [0, 0.05) is 11.4 Å². The van der Waals surface area contributed by atoms with Gasteiger partial charge >= 0.3 is 5.97 Å². The fourth-order valence-electron chi connectivity index (χ4n) is 2.72. The number of aryl methyl sites for hydroxylation is 2. The average Bonchev–Trinajstić information content (AvgIpc) is 3.21. The summed E-state index contributed by atoms with van der Waals surface area (Å²) in [6.07, 6.45) is -0.105. The van der Waals surface area contributed by atoms with Crippen LogP contribution in [-0.2, 0) is 22.6 Å². The monoisotopic (exact) mass is 369 g/mol. The lowest BCUT2D eigenvalue weighted by atomic mass is 10.3. The molecule has 4 aromatic heterocycles. The van der Waals surface area contributed by atoms with Crippen molar-refractivity contribution in [2.45, 2.75) is 26.9 Å². The summed E-state index contributed by atoms with van der Waals surface area (Å²) >= 11 is 0. The topological polar surface area (TPSA) is 146 Å². The van der Waals surface area contributed by atoms with E-state index >= 15 is 0 Å². The van der Waals surface area contributed by atoms with Crippen molar-refractivity contribution in [1.29, 1.82) is 0 Å². The number of ether oxygens (including phenoxy) is 1. The Labute approximate surface area is 151 Å². The van der Waals surface area contributed by atoms with Gasteiger partial charge in [-0.05, 0) is 19.9 Å². The Morgan fingerprint density at radius 2 is 1.89 bits per heavy atom. The van der Waals surface area contributed by atoms with Gasteiger partial charge < -0.3 is 9.84 Å². The third kappa shape index (κ3) is 2.85. The first-order valence-electron chi connectivity index (χ1n) is 8.00. The van der Waals surface area contributed by atoms with E-state index < -0.39 is 5.97 Å². The summed E-state index contributed by atoms with van der Waals surface area (Å²) < 4.78 is 7.56. The minimum atomic E-state index is -0.473. The van der Waals surface area contributed by atoms with E-state index in [-0.39, 0.29) is 24.6 Å². The quantitative estimate of drug-likeness (QED) is 0.466. The molecule has 0 aliphatic heterocycles. The first-order chi connectivity index (χ1) is 13.0. The van der Waals surface area contributed by atoms with Crippen LogP contribution in [-0.4, -0.2) is 62.7 Å². The fraction of sp³-hybridized carbons (Fsp3) is 0.333. The normalized spacial score (nSPS) is 11.4. The molecule has 12 nitrogen and oxygen atoms in total. The molecule has 4 rings (SSSR count). The Balaban J connectivity index is 2.05. The number of fused-ring (bicyclic) bond motifs is 3. The van der Waals surface area contributed by atoms with Crippen molar-refractivity contribution < 1.29 is 14.6 Å². The van der Waals surface area contributed by atoms with Crippen LogP contribution in [0.2, 0.25) is 0 Å². The number of aliphatic hydroxyl groups excluding tert-OH is 1. The van der Waals surface area contributed by atoms with Gasteiger partial charge in [-0.15, -0.1) is 15.3 Å². The molecule has 0 aliphatic rings. The van der Waals surface area contributed by atoms with E-state index in [0.29, 0.717) is 22.8 Å². The largest absolute Gasteiger partial charge is 0.469 e. The van der Waals surface area contributed by atoms with Crippen LogP contribution >= 0.6 is 0 Å². The van der Waals surface area contributed by atoms with Crippen LogP contribution in [0.4, 0.5) is 0 Å². The van der Waals surface area contributed by atoms with Gasteiger partial charge in [0.2, 0.25) is 0 Å². The van der Waals surface area contributed by atoms with Gasteiger partial charge in [0.15, 0.2) is 17.0 Å². The molecule has 0 bridgehead atoms. The van der Waals surface area contributed by atoms with E-state index in [4.69, 9.17) is 4.74 Å². The van der Waals surface area contributed by atoms with Gasteiger partial charge in [-0.25, -0.2) is 9.97 Å². The molecule has 4 aromatic rings. The molecule has 0 unspecified atom stereocenters. The summed E-state index contributed by atoms with van der Waals surface area (Å²) in [4.78, 5) is 24.7. The van der Waals surface area contributed by atoms with Crippen molar-refractivity contribution in [3.8, 4) is 5.95 Å². The molecule has 0 radical (unpaired) electrons. The minimum Gasteiger partial charge on any atom is -0.469 e. The van der Waals surface area contributed by atoms with Gasteiger partial charge in [-0.3, -0.25) is 4.79 Å². The Kier molecular flexibility index (Phi) is 3.96. The SMILES string of the molecule is COC(=O)Cc1nn(-c2nc(C)cc(C)n2)c2c1nnc1nc(CO)nn12. The van der Waals surface area contributed by atoms with Crippen molar-refractivity contribution >= 4 is 22.9 Å². The number of nitrogens with zero attached hydrogens (tertiary/aromatic N) is 9. The second-order valence-electron chi connectivity index (χ2n) is 5.83. The second kappa shape index (κ2) is 6.32. The zero-order valence-electron chi connectivity index (χ0n) is 14.8. The van der Waals surface area contributed by atoms with Gasteiger partial charge in [-0.1, -0.05) is 0 Å². The van der Waals surface area contributed by atoms with Gasteiger partial charge in [0.05, 0.1) is 13.5 Å². The second-order valence-corrected chi connectivity index (χ2v) is 5.83. The summed E-state index contributed by atoms with van der Waals surface area (Å²) in [6, 6.07) is 1.83. The predicted molar refractivity (Wildman–Crippen MR) is 89.9 cm³/mol. The molecule has 27 heavy (non-hydrogen) atoms. The highest BCUT2D eigenvalue weighted by Gasteiger charge is 2.22. The number of methoxy groups -OCH3 is 1. The molecule has 0 fully saturated rings. The minimum absolute atomic E-state index is 0.105. The molecule has 0 aliphatic carbocycles. The summed E-state index contributed by atoms with van der Waals surface area (Å²) in [5.41, 5.74) is 2.57. The van der Waals surface area contributed by atoms with E-state index in [1.54, 1.807) is 0 Å². The number of carbonyl (C=O) groups is 1. The maximum atomic E-state index is 11.8. The zero-order chi connectivity index (χ0) is 19.1. The molecule has 0 saturated heterocycles. The standard InChI is InChI=1S/C15H15N9O3/c1-7-4-8(2)17-14(16-7)23-13-12(9(21-23)5-11(26)27-3)19-20-15-18-10(6-25)22-24(13)15/h4,25H,5-6H2,1-3H3. The predicted octanol–water partition coefficient (Wildman–Crippen LogP) is -0.527. The van der Waals surface area contributed by atoms with Crippen molar-refractivity contribution in [1.82, 2.24) is 44.5 Å². The van der Waals surface area contributed by atoms with Crippen molar-refractivity contribution in [3.05, 3.63) is 29.0 Å².